The summed E-state index contributed by atoms with van der Waals surface area (Å²) in [4.78, 5) is 16.4. The summed E-state index contributed by atoms with van der Waals surface area (Å²) in [6, 6.07) is 13.4. The number of aryl methyl sites for hydroxylation is 1. The number of rotatable bonds is 4. The quantitative estimate of drug-likeness (QED) is 0.731. The third-order valence-electron chi connectivity index (χ3n) is 3.57. The number of para-hydroxylation sites is 1. The van der Waals surface area contributed by atoms with E-state index < -0.39 is 0 Å². The molecule has 0 bridgehead atoms. The number of nitrogens with one attached hydrogen (secondary N) is 1. The van der Waals surface area contributed by atoms with Crippen molar-refractivity contribution in [2.75, 3.05) is 5.32 Å². The minimum atomic E-state index is -0.201. The molecule has 0 atom stereocenters. The van der Waals surface area contributed by atoms with Crippen LogP contribution in [0.5, 0.6) is 0 Å². The predicted molar refractivity (Wildman–Crippen MR) is 93.7 cm³/mol. The number of nitrogens with zero attached hydrogens (tertiary/aromatic N) is 2. The second kappa shape index (κ2) is 6.67. The number of carbonyl (C=O) groups is 1. The first-order valence-electron chi connectivity index (χ1n) is 7.38. The van der Waals surface area contributed by atoms with Crippen molar-refractivity contribution in [3.05, 3.63) is 71.1 Å². The van der Waals surface area contributed by atoms with E-state index in [1.54, 1.807) is 6.08 Å². The van der Waals surface area contributed by atoms with Gasteiger partial charge in [-0.3, -0.25) is 9.20 Å². The Kier molecular flexibility index (Phi) is 4.44. The summed E-state index contributed by atoms with van der Waals surface area (Å²) < 4.78 is 1.84. The smallest absolute Gasteiger partial charge is 0.248 e. The summed E-state index contributed by atoms with van der Waals surface area (Å²) in [5, 5.41) is 3.26. The highest BCUT2D eigenvalue weighted by atomic mass is 35.5. The Hall–Kier alpha value is -2.59. The van der Waals surface area contributed by atoms with Crippen LogP contribution in [0.3, 0.4) is 0 Å². The highest BCUT2D eigenvalue weighted by molar-refractivity contribution is 6.31. The molecule has 1 amide bonds. The van der Waals surface area contributed by atoms with Crippen LogP contribution in [0.4, 0.5) is 5.69 Å². The molecule has 0 aliphatic heterocycles. The molecule has 0 aliphatic rings. The van der Waals surface area contributed by atoms with Gasteiger partial charge in [0, 0.05) is 18.0 Å². The molecule has 0 saturated carbocycles. The van der Waals surface area contributed by atoms with Crippen molar-refractivity contribution in [1.82, 2.24) is 9.38 Å². The Bertz CT molecular complexity index is 883. The first-order valence-corrected chi connectivity index (χ1v) is 7.76. The van der Waals surface area contributed by atoms with Crippen LogP contribution in [0.15, 0.2) is 54.7 Å². The molecule has 4 nitrogen and oxygen atoms in total. The first-order chi connectivity index (χ1) is 11.2. The lowest BCUT2D eigenvalue weighted by atomic mass is 10.1. The fraction of sp³-hybridized carbons (Fsp3) is 0.111. The third-order valence-corrected chi connectivity index (χ3v) is 3.85. The molecule has 0 fully saturated rings. The number of hydrogen-bond donors (Lipinski definition) is 1. The molecule has 0 spiro atoms. The molecule has 116 valence electrons. The third kappa shape index (κ3) is 3.27. The van der Waals surface area contributed by atoms with Crippen molar-refractivity contribution in [1.29, 1.82) is 0 Å². The fourth-order valence-corrected chi connectivity index (χ4v) is 2.66. The largest absolute Gasteiger partial charge is 0.322 e. The molecule has 3 rings (SSSR count). The zero-order valence-corrected chi connectivity index (χ0v) is 13.4. The molecule has 0 unspecified atom stereocenters. The van der Waals surface area contributed by atoms with Crippen LogP contribution in [0.1, 0.15) is 18.2 Å². The Morgan fingerprint density at radius 1 is 1.26 bits per heavy atom. The topological polar surface area (TPSA) is 46.4 Å². The summed E-state index contributed by atoms with van der Waals surface area (Å²) in [5.41, 5.74) is 3.35. The number of amides is 1. The van der Waals surface area contributed by atoms with Crippen LogP contribution < -0.4 is 5.32 Å². The van der Waals surface area contributed by atoms with E-state index in [0.29, 0.717) is 10.8 Å². The maximum Gasteiger partial charge on any atom is 0.248 e. The van der Waals surface area contributed by atoms with Crippen LogP contribution in [-0.4, -0.2) is 15.3 Å². The van der Waals surface area contributed by atoms with Gasteiger partial charge in [0.15, 0.2) is 5.15 Å². The summed E-state index contributed by atoms with van der Waals surface area (Å²) in [6.45, 7) is 2.05. The highest BCUT2D eigenvalue weighted by Gasteiger charge is 2.08. The highest BCUT2D eigenvalue weighted by Crippen LogP contribution is 2.19. The number of halogens is 1. The van der Waals surface area contributed by atoms with E-state index in [-0.39, 0.29) is 5.91 Å². The van der Waals surface area contributed by atoms with Crippen LogP contribution in [0, 0.1) is 0 Å². The normalized spacial score (nSPS) is 11.2. The average Bonchev–Trinajstić information content (AvgIpc) is 2.88. The lowest BCUT2D eigenvalue weighted by Gasteiger charge is -2.07. The lowest BCUT2D eigenvalue weighted by molar-refractivity contribution is -0.111. The number of pyridine rings is 1. The second-order valence-corrected chi connectivity index (χ2v) is 5.41. The first kappa shape index (κ1) is 15.3. The predicted octanol–water partition coefficient (Wildman–Crippen LogP) is 4.20. The van der Waals surface area contributed by atoms with Gasteiger partial charge in [-0.15, -0.1) is 0 Å². The number of carbonyl (C=O) groups excluding carboxylic acids is 1. The van der Waals surface area contributed by atoms with Crippen molar-refractivity contribution in [3.63, 3.8) is 0 Å². The molecule has 1 N–H and O–H groups in total. The number of benzene rings is 1. The van der Waals surface area contributed by atoms with Crippen LogP contribution >= 0.6 is 11.6 Å². The standard InChI is InChI=1S/C18H16ClN3O/c1-2-13-7-3-4-8-14(13)20-17(23)11-10-15-18(19)21-16-9-5-6-12-22(15)16/h3-12H,2H2,1H3,(H,20,23). The maximum atomic E-state index is 12.2. The lowest BCUT2D eigenvalue weighted by Crippen LogP contribution is -2.09. The van der Waals surface area contributed by atoms with Gasteiger partial charge in [0.2, 0.25) is 5.91 Å². The number of anilines is 1. The summed E-state index contributed by atoms with van der Waals surface area (Å²) in [7, 11) is 0. The van der Waals surface area contributed by atoms with Crippen molar-refractivity contribution >= 4 is 34.9 Å². The van der Waals surface area contributed by atoms with Gasteiger partial charge in [-0.1, -0.05) is 42.8 Å². The van der Waals surface area contributed by atoms with Gasteiger partial charge in [0.25, 0.3) is 0 Å². The molecule has 2 heterocycles. The summed E-state index contributed by atoms with van der Waals surface area (Å²) in [5.74, 6) is -0.201. The van der Waals surface area contributed by atoms with E-state index in [1.807, 2.05) is 53.1 Å². The van der Waals surface area contributed by atoms with E-state index in [4.69, 9.17) is 11.6 Å². The molecule has 3 aromatic rings. The Morgan fingerprint density at radius 3 is 2.87 bits per heavy atom. The van der Waals surface area contributed by atoms with Crippen LogP contribution in [-0.2, 0) is 11.2 Å². The van der Waals surface area contributed by atoms with E-state index in [1.165, 1.54) is 6.08 Å². The Balaban J connectivity index is 1.82. The number of aromatic nitrogens is 2. The van der Waals surface area contributed by atoms with Gasteiger partial charge in [0.05, 0.1) is 5.69 Å². The zero-order valence-electron chi connectivity index (χ0n) is 12.7. The number of fused-ring (bicyclic) bond motifs is 1. The van der Waals surface area contributed by atoms with Gasteiger partial charge < -0.3 is 5.32 Å². The number of imidazole rings is 1. The van der Waals surface area contributed by atoms with Gasteiger partial charge in [-0.25, -0.2) is 4.98 Å². The monoisotopic (exact) mass is 325 g/mol. The van der Waals surface area contributed by atoms with Gasteiger partial charge in [-0.05, 0) is 36.3 Å². The maximum absolute atomic E-state index is 12.2. The number of hydrogen-bond acceptors (Lipinski definition) is 2. The Labute approximate surface area is 139 Å². The SMILES string of the molecule is CCc1ccccc1NC(=O)C=Cc1c(Cl)nc2ccccn12. The molecule has 0 aliphatic carbocycles. The molecule has 1 aromatic carbocycles. The van der Waals surface area contributed by atoms with E-state index in [0.717, 1.165) is 23.3 Å². The van der Waals surface area contributed by atoms with Crippen molar-refractivity contribution in [2.45, 2.75) is 13.3 Å². The van der Waals surface area contributed by atoms with Crippen LogP contribution in [0.2, 0.25) is 5.15 Å². The molecular formula is C18H16ClN3O. The zero-order chi connectivity index (χ0) is 16.2. The summed E-state index contributed by atoms with van der Waals surface area (Å²) in [6.07, 6.45) is 5.86. The second-order valence-electron chi connectivity index (χ2n) is 5.05. The van der Waals surface area contributed by atoms with Crippen molar-refractivity contribution in [2.24, 2.45) is 0 Å². The van der Waals surface area contributed by atoms with Crippen molar-refractivity contribution in [3.8, 4) is 0 Å². The van der Waals surface area contributed by atoms with Crippen LogP contribution in [0.25, 0.3) is 11.7 Å². The van der Waals surface area contributed by atoms with E-state index in [2.05, 4.69) is 17.2 Å². The molecule has 0 saturated heterocycles. The van der Waals surface area contributed by atoms with E-state index >= 15 is 0 Å². The minimum Gasteiger partial charge on any atom is -0.322 e. The minimum absolute atomic E-state index is 0.201. The van der Waals surface area contributed by atoms with Gasteiger partial charge in [0.1, 0.15) is 5.65 Å². The fourth-order valence-electron chi connectivity index (χ4n) is 2.41. The van der Waals surface area contributed by atoms with Crippen molar-refractivity contribution < 1.29 is 4.79 Å². The summed E-state index contributed by atoms with van der Waals surface area (Å²) >= 11 is 6.14. The molecule has 0 radical (unpaired) electrons. The van der Waals surface area contributed by atoms with Gasteiger partial charge >= 0.3 is 0 Å². The molecule has 2 aromatic heterocycles. The molecule has 5 heteroatoms. The average molecular weight is 326 g/mol. The van der Waals surface area contributed by atoms with E-state index in [9.17, 15) is 4.79 Å². The molecule has 23 heavy (non-hydrogen) atoms. The Morgan fingerprint density at radius 2 is 2.04 bits per heavy atom. The molecular weight excluding hydrogens is 310 g/mol. The van der Waals surface area contributed by atoms with Gasteiger partial charge in [-0.2, -0.15) is 0 Å².